The van der Waals surface area contributed by atoms with Crippen LogP contribution in [0.5, 0.6) is 0 Å². The van der Waals surface area contributed by atoms with Gasteiger partial charge < -0.3 is 14.2 Å². The number of carboxylic acids is 1. The van der Waals surface area contributed by atoms with E-state index in [1.54, 1.807) is 30.5 Å². The Hall–Kier alpha value is -3.81. The number of aryl methyl sites for hydroxylation is 3. The smallest absolute Gasteiger partial charge is 0.337 e. The van der Waals surface area contributed by atoms with Gasteiger partial charge in [0.2, 0.25) is 0 Å². The van der Waals surface area contributed by atoms with E-state index in [0.29, 0.717) is 10.6 Å². The molecule has 0 atom stereocenters. The van der Waals surface area contributed by atoms with Crippen LogP contribution in [0, 0.1) is 27.7 Å². The highest BCUT2D eigenvalue weighted by Gasteiger charge is 2.15. The quantitative estimate of drug-likeness (QED) is 0.231. The van der Waals surface area contributed by atoms with Crippen molar-refractivity contribution in [1.29, 1.82) is 0 Å². The fraction of sp³-hybridized carbons (Fsp3) is 0.148. The van der Waals surface area contributed by atoms with Crippen LogP contribution in [-0.2, 0) is 0 Å². The van der Waals surface area contributed by atoms with Gasteiger partial charge in [0, 0.05) is 39.7 Å². The standard InChI is InChI=1S/C27H24Cl2N4O3/c1-15-5-6-16(2)32(15)20-8-10-24(28)23(12-20)26(34)31-30-14-19-11-17(3)33(18(19)4)21-7-9-22(27(35)36)25(29)13-21/h5-14H,1-4H3,(H,31,34)(H,35,36). The summed E-state index contributed by atoms with van der Waals surface area (Å²) in [7, 11) is 0. The topological polar surface area (TPSA) is 88.6 Å². The Morgan fingerprint density at radius 3 is 2.08 bits per heavy atom. The summed E-state index contributed by atoms with van der Waals surface area (Å²) in [5.74, 6) is -1.51. The van der Waals surface area contributed by atoms with Gasteiger partial charge in [0.25, 0.3) is 5.91 Å². The number of rotatable bonds is 6. The normalized spacial score (nSPS) is 11.3. The summed E-state index contributed by atoms with van der Waals surface area (Å²) < 4.78 is 3.98. The molecule has 9 heteroatoms. The number of hydrazone groups is 1. The first-order valence-corrected chi connectivity index (χ1v) is 11.8. The molecule has 0 saturated carbocycles. The Bertz CT molecular complexity index is 1510. The van der Waals surface area contributed by atoms with Crippen LogP contribution in [0.3, 0.4) is 0 Å². The van der Waals surface area contributed by atoms with Gasteiger partial charge in [-0.15, -0.1) is 0 Å². The molecule has 0 spiro atoms. The van der Waals surface area contributed by atoms with E-state index in [1.807, 2.05) is 61.1 Å². The minimum absolute atomic E-state index is 0.0391. The molecule has 36 heavy (non-hydrogen) atoms. The van der Waals surface area contributed by atoms with Crippen LogP contribution >= 0.6 is 23.2 Å². The molecule has 2 aromatic heterocycles. The number of hydrogen-bond donors (Lipinski definition) is 2. The number of carbonyl (C=O) groups excluding carboxylic acids is 1. The largest absolute Gasteiger partial charge is 0.478 e. The van der Waals surface area contributed by atoms with E-state index in [4.69, 9.17) is 23.2 Å². The number of hydrogen-bond acceptors (Lipinski definition) is 3. The fourth-order valence-electron chi connectivity index (χ4n) is 4.25. The lowest BCUT2D eigenvalue weighted by Crippen LogP contribution is -2.18. The van der Waals surface area contributed by atoms with Crippen LogP contribution in [0.4, 0.5) is 0 Å². The maximum Gasteiger partial charge on any atom is 0.337 e. The summed E-state index contributed by atoms with van der Waals surface area (Å²) in [5, 5.41) is 13.8. The van der Waals surface area contributed by atoms with Crippen molar-refractivity contribution in [3.8, 4) is 11.4 Å². The molecule has 0 bridgehead atoms. The summed E-state index contributed by atoms with van der Waals surface area (Å²) in [6.07, 6.45) is 1.56. The number of aromatic nitrogens is 2. The van der Waals surface area contributed by atoms with E-state index in [0.717, 1.165) is 39.7 Å². The van der Waals surface area contributed by atoms with E-state index in [-0.39, 0.29) is 10.6 Å². The first-order chi connectivity index (χ1) is 17.1. The lowest BCUT2D eigenvalue weighted by atomic mass is 10.2. The molecule has 0 fully saturated rings. The molecule has 2 N–H and O–H groups in total. The minimum atomic E-state index is -1.08. The monoisotopic (exact) mass is 522 g/mol. The van der Waals surface area contributed by atoms with Gasteiger partial charge in [-0.1, -0.05) is 23.2 Å². The molecule has 0 aliphatic rings. The van der Waals surface area contributed by atoms with Crippen molar-refractivity contribution in [3.63, 3.8) is 0 Å². The summed E-state index contributed by atoms with van der Waals surface area (Å²) in [5.41, 5.74) is 9.10. The number of aromatic carboxylic acids is 1. The summed E-state index contributed by atoms with van der Waals surface area (Å²) in [6.45, 7) is 7.81. The molecule has 4 aromatic rings. The molecular formula is C27H24Cl2N4O3. The van der Waals surface area contributed by atoms with Gasteiger partial charge in [-0.05, 0) is 82.3 Å². The van der Waals surface area contributed by atoms with E-state index in [1.165, 1.54) is 6.07 Å². The first kappa shape index (κ1) is 25.3. The number of benzene rings is 2. The highest BCUT2D eigenvalue weighted by atomic mass is 35.5. The maximum atomic E-state index is 12.9. The van der Waals surface area contributed by atoms with Gasteiger partial charge in [-0.3, -0.25) is 4.79 Å². The molecule has 4 rings (SSSR count). The van der Waals surface area contributed by atoms with Gasteiger partial charge in [0.15, 0.2) is 0 Å². The molecule has 0 aliphatic carbocycles. The number of halogens is 2. The minimum Gasteiger partial charge on any atom is -0.478 e. The molecule has 7 nitrogen and oxygen atoms in total. The van der Waals surface area contributed by atoms with E-state index in [9.17, 15) is 14.7 Å². The second-order valence-corrected chi connectivity index (χ2v) is 9.26. The van der Waals surface area contributed by atoms with Crippen molar-refractivity contribution in [2.45, 2.75) is 27.7 Å². The van der Waals surface area contributed by atoms with Crippen molar-refractivity contribution < 1.29 is 14.7 Å². The molecule has 0 saturated heterocycles. The third-order valence-electron chi connectivity index (χ3n) is 6.01. The van der Waals surface area contributed by atoms with Crippen LogP contribution in [0.2, 0.25) is 10.0 Å². The van der Waals surface area contributed by atoms with Crippen molar-refractivity contribution >= 4 is 41.3 Å². The zero-order valence-electron chi connectivity index (χ0n) is 20.1. The van der Waals surface area contributed by atoms with Gasteiger partial charge in [0.05, 0.1) is 27.4 Å². The fourth-order valence-corrected chi connectivity index (χ4v) is 4.71. The molecule has 184 valence electrons. The van der Waals surface area contributed by atoms with E-state index >= 15 is 0 Å². The maximum absolute atomic E-state index is 12.9. The Morgan fingerprint density at radius 1 is 0.806 bits per heavy atom. The van der Waals surface area contributed by atoms with Crippen molar-refractivity contribution in [1.82, 2.24) is 14.6 Å². The number of nitrogens with one attached hydrogen (secondary N) is 1. The number of carboxylic acid groups (broad SMARTS) is 1. The zero-order valence-corrected chi connectivity index (χ0v) is 21.6. The van der Waals surface area contributed by atoms with E-state index in [2.05, 4.69) is 10.5 Å². The van der Waals surface area contributed by atoms with Crippen LogP contribution in [-0.4, -0.2) is 32.3 Å². The van der Waals surface area contributed by atoms with Gasteiger partial charge in [-0.2, -0.15) is 5.10 Å². The Balaban J connectivity index is 1.56. The highest BCUT2D eigenvalue weighted by Crippen LogP contribution is 2.25. The average Bonchev–Trinajstić information content (AvgIpc) is 3.30. The lowest BCUT2D eigenvalue weighted by molar-refractivity contribution is 0.0696. The molecule has 1 amide bonds. The molecular weight excluding hydrogens is 499 g/mol. The van der Waals surface area contributed by atoms with E-state index < -0.39 is 11.9 Å². The van der Waals surface area contributed by atoms with Crippen molar-refractivity contribution in [2.75, 3.05) is 0 Å². The van der Waals surface area contributed by atoms with Gasteiger partial charge in [0.1, 0.15) is 0 Å². The summed E-state index contributed by atoms with van der Waals surface area (Å²) in [6, 6.07) is 16.0. The Kier molecular flexibility index (Phi) is 7.06. The lowest BCUT2D eigenvalue weighted by Gasteiger charge is -2.12. The number of amides is 1. The Labute approximate surface area is 218 Å². The zero-order chi connectivity index (χ0) is 26.1. The first-order valence-electron chi connectivity index (χ1n) is 11.1. The van der Waals surface area contributed by atoms with Crippen LogP contribution in [0.1, 0.15) is 49.1 Å². The average molecular weight is 523 g/mol. The van der Waals surface area contributed by atoms with Crippen LogP contribution in [0.25, 0.3) is 11.4 Å². The number of nitrogens with zero attached hydrogens (tertiary/aromatic N) is 3. The third-order valence-corrected chi connectivity index (χ3v) is 6.65. The molecule has 0 aliphatic heterocycles. The SMILES string of the molecule is Cc1ccc(C)n1-c1ccc(Cl)c(C(=O)NN=Cc2cc(C)n(-c3ccc(C(=O)O)c(Cl)c3)c2C)c1. The Morgan fingerprint density at radius 2 is 1.44 bits per heavy atom. The summed E-state index contributed by atoms with van der Waals surface area (Å²) >= 11 is 12.5. The van der Waals surface area contributed by atoms with Crippen molar-refractivity contribution in [2.24, 2.45) is 5.10 Å². The van der Waals surface area contributed by atoms with Crippen LogP contribution < -0.4 is 5.43 Å². The molecule has 0 radical (unpaired) electrons. The predicted molar refractivity (Wildman–Crippen MR) is 143 cm³/mol. The summed E-state index contributed by atoms with van der Waals surface area (Å²) in [4.78, 5) is 24.1. The molecule has 0 unspecified atom stereocenters. The molecule has 2 heterocycles. The predicted octanol–water partition coefficient (Wildman–Crippen LogP) is 6.27. The van der Waals surface area contributed by atoms with Crippen LogP contribution in [0.15, 0.2) is 59.7 Å². The third kappa shape index (κ3) is 4.80. The van der Waals surface area contributed by atoms with Crippen molar-refractivity contribution in [3.05, 3.63) is 104 Å². The van der Waals surface area contributed by atoms with Gasteiger partial charge >= 0.3 is 5.97 Å². The highest BCUT2D eigenvalue weighted by molar-refractivity contribution is 6.34. The number of carbonyl (C=O) groups is 2. The second kappa shape index (κ2) is 10.0. The van der Waals surface area contributed by atoms with Gasteiger partial charge in [-0.25, -0.2) is 10.2 Å². The second-order valence-electron chi connectivity index (χ2n) is 8.45. The molecule has 2 aromatic carbocycles.